The van der Waals surface area contributed by atoms with E-state index in [4.69, 9.17) is 14.6 Å². The fraction of sp³-hybridized carbons (Fsp3) is 0.312. The molecular weight excluding hydrogens is 360 g/mol. The second-order valence-corrected chi connectivity index (χ2v) is 6.16. The lowest BCUT2D eigenvalue weighted by Crippen LogP contribution is -2.28. The molecule has 0 radical (unpaired) electrons. The zero-order valence-electron chi connectivity index (χ0n) is 14.2. The van der Waals surface area contributed by atoms with Crippen molar-refractivity contribution in [2.75, 3.05) is 23.9 Å². The molecule has 0 aromatic carbocycles. The number of carbonyl (C=O) groups excluding carboxylic acids is 2. The summed E-state index contributed by atoms with van der Waals surface area (Å²) in [7, 11) is 1.53. The van der Waals surface area contributed by atoms with E-state index in [1.165, 1.54) is 18.4 Å². The van der Waals surface area contributed by atoms with Crippen molar-refractivity contribution >= 4 is 40.4 Å². The van der Waals surface area contributed by atoms with Gasteiger partial charge in [0.1, 0.15) is 0 Å². The van der Waals surface area contributed by atoms with E-state index >= 15 is 0 Å². The Balaban J connectivity index is 0.000000758. The van der Waals surface area contributed by atoms with Crippen LogP contribution in [0.4, 0.5) is 10.8 Å². The van der Waals surface area contributed by atoms with Crippen LogP contribution in [0.25, 0.3) is 0 Å². The number of aryl methyl sites for hydroxylation is 1. The molecule has 0 bridgehead atoms. The second-order valence-electron chi connectivity index (χ2n) is 5.29. The molecule has 1 aliphatic rings. The van der Waals surface area contributed by atoms with Crippen LogP contribution in [0, 0.1) is 12.8 Å². The van der Waals surface area contributed by atoms with E-state index in [0.29, 0.717) is 28.8 Å². The monoisotopic (exact) mass is 378 g/mol. The Morgan fingerprint density at radius 3 is 2.81 bits per heavy atom. The lowest BCUT2D eigenvalue weighted by atomic mass is 10.1. The van der Waals surface area contributed by atoms with Gasteiger partial charge in [0, 0.05) is 30.7 Å². The van der Waals surface area contributed by atoms with Crippen molar-refractivity contribution in [2.45, 2.75) is 13.3 Å². The van der Waals surface area contributed by atoms with E-state index in [-0.39, 0.29) is 24.7 Å². The van der Waals surface area contributed by atoms with Crippen LogP contribution >= 0.6 is 11.3 Å². The highest BCUT2D eigenvalue weighted by Crippen LogP contribution is 2.30. The van der Waals surface area contributed by atoms with Crippen molar-refractivity contribution < 1.29 is 24.2 Å². The number of nitrogens with zero attached hydrogens (tertiary/aromatic N) is 3. The molecule has 3 heterocycles. The SMILES string of the molecule is COc1c(NC(=O)C2CC(=O)N(c3nccs3)C2)ccnc1C.O=CO. The lowest BCUT2D eigenvalue weighted by molar-refractivity contribution is -0.123. The first-order valence-electron chi connectivity index (χ1n) is 7.60. The van der Waals surface area contributed by atoms with Gasteiger partial charge in [-0.3, -0.25) is 24.3 Å². The van der Waals surface area contributed by atoms with Crippen LogP contribution in [0.3, 0.4) is 0 Å². The van der Waals surface area contributed by atoms with E-state index in [1.54, 1.807) is 35.7 Å². The maximum atomic E-state index is 12.5. The summed E-state index contributed by atoms with van der Waals surface area (Å²) in [5.74, 6) is -0.175. The van der Waals surface area contributed by atoms with Crippen LogP contribution in [0.15, 0.2) is 23.8 Å². The van der Waals surface area contributed by atoms with E-state index in [2.05, 4.69) is 15.3 Å². The minimum Gasteiger partial charge on any atom is -0.493 e. The summed E-state index contributed by atoms with van der Waals surface area (Å²) in [6, 6.07) is 1.68. The third-order valence-electron chi connectivity index (χ3n) is 3.69. The van der Waals surface area contributed by atoms with E-state index < -0.39 is 5.92 Å². The number of hydrogen-bond acceptors (Lipinski definition) is 7. The van der Waals surface area contributed by atoms with Crippen molar-refractivity contribution in [2.24, 2.45) is 5.92 Å². The maximum Gasteiger partial charge on any atom is 0.290 e. The van der Waals surface area contributed by atoms with E-state index in [1.807, 2.05) is 0 Å². The molecule has 0 spiro atoms. The van der Waals surface area contributed by atoms with E-state index in [9.17, 15) is 9.59 Å². The van der Waals surface area contributed by atoms with Gasteiger partial charge >= 0.3 is 0 Å². The molecule has 2 aromatic heterocycles. The van der Waals surface area contributed by atoms with Crippen LogP contribution in [0.1, 0.15) is 12.1 Å². The fourth-order valence-corrected chi connectivity index (χ4v) is 3.23. The number of anilines is 2. The number of thiazole rings is 1. The molecule has 1 unspecified atom stereocenters. The number of pyridine rings is 1. The molecule has 0 aliphatic carbocycles. The van der Waals surface area contributed by atoms with Crippen molar-refractivity contribution in [1.29, 1.82) is 0 Å². The first kappa shape index (κ1) is 19.3. The zero-order chi connectivity index (χ0) is 19.1. The smallest absolute Gasteiger partial charge is 0.290 e. The number of rotatable bonds is 4. The van der Waals surface area contributed by atoms with Crippen LogP contribution in [0.2, 0.25) is 0 Å². The summed E-state index contributed by atoms with van der Waals surface area (Å²) in [6.07, 6.45) is 3.43. The van der Waals surface area contributed by atoms with Crippen LogP contribution in [-0.4, -0.2) is 47.0 Å². The summed E-state index contributed by atoms with van der Waals surface area (Å²) >= 11 is 1.38. The molecule has 1 aliphatic heterocycles. The van der Waals surface area contributed by atoms with Gasteiger partial charge in [0.15, 0.2) is 10.9 Å². The number of aromatic nitrogens is 2. The van der Waals surface area contributed by atoms with Crippen LogP contribution in [-0.2, 0) is 14.4 Å². The Morgan fingerprint density at radius 2 is 2.19 bits per heavy atom. The van der Waals surface area contributed by atoms with Crippen molar-refractivity contribution in [3.05, 3.63) is 29.5 Å². The zero-order valence-corrected chi connectivity index (χ0v) is 15.0. The van der Waals surface area contributed by atoms with Crippen LogP contribution < -0.4 is 15.0 Å². The van der Waals surface area contributed by atoms with Gasteiger partial charge in [0.2, 0.25) is 11.8 Å². The second kappa shape index (κ2) is 8.90. The first-order valence-corrected chi connectivity index (χ1v) is 8.48. The third-order valence-corrected chi connectivity index (χ3v) is 4.49. The molecule has 138 valence electrons. The largest absolute Gasteiger partial charge is 0.493 e. The average Bonchev–Trinajstić information content (AvgIpc) is 3.25. The maximum absolute atomic E-state index is 12.5. The Hall–Kier alpha value is -3.01. The molecule has 2 N–H and O–H groups in total. The summed E-state index contributed by atoms with van der Waals surface area (Å²) in [5.41, 5.74) is 1.25. The van der Waals surface area contributed by atoms with Gasteiger partial charge in [-0.2, -0.15) is 0 Å². The Morgan fingerprint density at radius 1 is 1.46 bits per heavy atom. The molecular formula is C16H18N4O5S. The number of nitrogens with one attached hydrogen (secondary N) is 1. The molecule has 9 nitrogen and oxygen atoms in total. The minimum atomic E-state index is -0.412. The number of carbonyl (C=O) groups is 3. The van der Waals surface area contributed by atoms with Gasteiger partial charge in [-0.1, -0.05) is 0 Å². The number of ether oxygens (including phenoxy) is 1. The number of hydrogen-bond donors (Lipinski definition) is 2. The first-order chi connectivity index (χ1) is 12.5. The number of methoxy groups -OCH3 is 1. The van der Waals surface area contributed by atoms with E-state index in [0.717, 1.165) is 0 Å². The predicted molar refractivity (Wildman–Crippen MR) is 95.4 cm³/mol. The molecule has 1 saturated heterocycles. The molecule has 2 aromatic rings. The van der Waals surface area contributed by atoms with Gasteiger partial charge in [-0.15, -0.1) is 11.3 Å². The molecule has 2 amide bonds. The molecule has 0 saturated carbocycles. The fourth-order valence-electron chi connectivity index (χ4n) is 2.56. The van der Waals surface area contributed by atoms with Crippen molar-refractivity contribution in [3.63, 3.8) is 0 Å². The number of amides is 2. The van der Waals surface area contributed by atoms with Gasteiger partial charge in [0.05, 0.1) is 24.4 Å². The quantitative estimate of drug-likeness (QED) is 0.774. The Labute approximate surface area is 153 Å². The summed E-state index contributed by atoms with van der Waals surface area (Å²) < 4.78 is 5.28. The highest BCUT2D eigenvalue weighted by atomic mass is 32.1. The average molecular weight is 378 g/mol. The van der Waals surface area contributed by atoms with Crippen molar-refractivity contribution in [1.82, 2.24) is 9.97 Å². The Bertz CT molecular complexity index is 781. The minimum absolute atomic E-state index is 0.0852. The number of carboxylic acid groups (broad SMARTS) is 1. The predicted octanol–water partition coefficient (Wildman–Crippen LogP) is 1.55. The van der Waals surface area contributed by atoms with Crippen LogP contribution in [0.5, 0.6) is 5.75 Å². The topological polar surface area (TPSA) is 122 Å². The van der Waals surface area contributed by atoms with Crippen molar-refractivity contribution in [3.8, 4) is 5.75 Å². The Kier molecular flexibility index (Phi) is 6.61. The molecule has 3 rings (SSSR count). The van der Waals surface area contributed by atoms with Gasteiger partial charge < -0.3 is 15.2 Å². The van der Waals surface area contributed by atoms with Gasteiger partial charge in [0.25, 0.3) is 6.47 Å². The summed E-state index contributed by atoms with van der Waals surface area (Å²) in [4.78, 5) is 42.7. The summed E-state index contributed by atoms with van der Waals surface area (Å²) in [6.45, 7) is 1.89. The molecule has 10 heteroatoms. The normalized spacial score (nSPS) is 15.8. The van der Waals surface area contributed by atoms with Gasteiger partial charge in [-0.25, -0.2) is 4.98 Å². The highest BCUT2D eigenvalue weighted by molar-refractivity contribution is 7.13. The molecule has 1 fully saturated rings. The molecule has 26 heavy (non-hydrogen) atoms. The lowest BCUT2D eigenvalue weighted by Gasteiger charge is -2.15. The standard InChI is InChI=1S/C15H16N4O3S.CH2O2/c1-9-13(22-2)11(3-4-16-9)18-14(21)10-7-12(20)19(8-10)15-17-5-6-23-15;2-1-3/h3-6,10H,7-8H2,1-2H3,(H,16,18,21);1H,(H,2,3). The molecule has 1 atom stereocenters. The third kappa shape index (κ3) is 4.33. The summed E-state index contributed by atoms with van der Waals surface area (Å²) in [5, 5.41) is 12.2. The highest BCUT2D eigenvalue weighted by Gasteiger charge is 2.36. The van der Waals surface area contributed by atoms with Gasteiger partial charge in [-0.05, 0) is 13.0 Å².